The van der Waals surface area contributed by atoms with E-state index >= 15 is 0 Å². The van der Waals surface area contributed by atoms with Crippen LogP contribution in [0.3, 0.4) is 0 Å². The molecule has 2 rings (SSSR count). The monoisotopic (exact) mass is 276 g/mol. The first kappa shape index (κ1) is 13.5. The summed E-state index contributed by atoms with van der Waals surface area (Å²) in [6.45, 7) is 2.60. The Bertz CT molecular complexity index is 541. The Labute approximate surface area is 116 Å². The Balaban J connectivity index is 1.98. The first-order chi connectivity index (χ1) is 9.22. The molecule has 100 valence electrons. The Morgan fingerprint density at radius 1 is 1.47 bits per heavy atom. The molecule has 0 saturated heterocycles. The molecular weight excluding hydrogens is 260 g/mol. The van der Waals surface area contributed by atoms with E-state index in [9.17, 15) is 4.79 Å². The van der Waals surface area contributed by atoms with Gasteiger partial charge in [-0.3, -0.25) is 9.78 Å². The van der Waals surface area contributed by atoms with Crippen molar-refractivity contribution in [1.29, 1.82) is 0 Å². The van der Waals surface area contributed by atoms with Crippen LogP contribution in [-0.4, -0.2) is 29.5 Å². The van der Waals surface area contributed by atoms with E-state index in [0.29, 0.717) is 12.1 Å². The Morgan fingerprint density at radius 2 is 2.32 bits per heavy atom. The van der Waals surface area contributed by atoms with Crippen molar-refractivity contribution < 1.29 is 4.79 Å². The first-order valence-corrected chi connectivity index (χ1v) is 6.89. The average Bonchev–Trinajstić information content (AvgIpc) is 2.98. The van der Waals surface area contributed by atoms with Gasteiger partial charge in [0.15, 0.2) is 0 Å². The lowest BCUT2D eigenvalue weighted by molar-refractivity contribution is 0.0952. The summed E-state index contributed by atoms with van der Waals surface area (Å²) in [7, 11) is 1.78. The van der Waals surface area contributed by atoms with E-state index in [2.05, 4.69) is 20.6 Å². The predicted molar refractivity (Wildman–Crippen MR) is 76.6 cm³/mol. The molecule has 0 saturated carbocycles. The zero-order chi connectivity index (χ0) is 13.7. The summed E-state index contributed by atoms with van der Waals surface area (Å²) in [6.07, 6.45) is 4.99. The Hall–Kier alpha value is -1.95. The molecule has 0 aliphatic carbocycles. The van der Waals surface area contributed by atoms with Gasteiger partial charge in [0.05, 0.1) is 10.6 Å². The number of anilines is 1. The standard InChI is InChI=1S/C13H16N4OS/c1-9(13-16-5-6-19-13)7-17-12(18)10-8-15-4-3-11(10)14-2/h3-6,8-9H,7H2,1-2H3,(H,14,15)(H,17,18). The molecule has 2 aromatic rings. The number of amides is 1. The second-order valence-corrected chi connectivity index (χ2v) is 5.08. The second kappa shape index (κ2) is 6.29. The van der Waals surface area contributed by atoms with Gasteiger partial charge in [0, 0.05) is 49.2 Å². The molecule has 0 spiro atoms. The van der Waals surface area contributed by atoms with Crippen LogP contribution in [-0.2, 0) is 0 Å². The number of aromatic nitrogens is 2. The van der Waals surface area contributed by atoms with Crippen molar-refractivity contribution in [3.63, 3.8) is 0 Å². The summed E-state index contributed by atoms with van der Waals surface area (Å²) >= 11 is 1.60. The van der Waals surface area contributed by atoms with Gasteiger partial charge in [-0.1, -0.05) is 6.92 Å². The fourth-order valence-corrected chi connectivity index (χ4v) is 2.40. The molecule has 1 unspecified atom stereocenters. The van der Waals surface area contributed by atoms with Gasteiger partial charge < -0.3 is 10.6 Å². The highest BCUT2D eigenvalue weighted by Gasteiger charge is 2.13. The van der Waals surface area contributed by atoms with Gasteiger partial charge >= 0.3 is 0 Å². The third-order valence-corrected chi connectivity index (χ3v) is 3.78. The Morgan fingerprint density at radius 3 is 3.00 bits per heavy atom. The number of hydrogen-bond acceptors (Lipinski definition) is 5. The minimum atomic E-state index is -0.124. The smallest absolute Gasteiger partial charge is 0.254 e. The number of nitrogens with zero attached hydrogens (tertiary/aromatic N) is 2. The average molecular weight is 276 g/mol. The summed E-state index contributed by atoms with van der Waals surface area (Å²) < 4.78 is 0. The molecule has 19 heavy (non-hydrogen) atoms. The largest absolute Gasteiger partial charge is 0.387 e. The van der Waals surface area contributed by atoms with Gasteiger partial charge in [-0.05, 0) is 6.07 Å². The highest BCUT2D eigenvalue weighted by molar-refractivity contribution is 7.09. The van der Waals surface area contributed by atoms with Crippen LogP contribution >= 0.6 is 11.3 Å². The summed E-state index contributed by atoms with van der Waals surface area (Å²) in [6, 6.07) is 1.78. The van der Waals surface area contributed by atoms with Crippen LogP contribution < -0.4 is 10.6 Å². The van der Waals surface area contributed by atoms with Crippen LogP contribution in [0.1, 0.15) is 28.2 Å². The highest BCUT2D eigenvalue weighted by atomic mass is 32.1. The lowest BCUT2D eigenvalue weighted by Crippen LogP contribution is -2.28. The first-order valence-electron chi connectivity index (χ1n) is 6.01. The molecule has 5 nitrogen and oxygen atoms in total. The van der Waals surface area contributed by atoms with Gasteiger partial charge in [0.25, 0.3) is 5.91 Å². The van der Waals surface area contributed by atoms with E-state index in [1.54, 1.807) is 43.0 Å². The van der Waals surface area contributed by atoms with Crippen LogP contribution in [0.5, 0.6) is 0 Å². The van der Waals surface area contributed by atoms with Crippen LogP contribution in [0.25, 0.3) is 0 Å². The number of carbonyl (C=O) groups excluding carboxylic acids is 1. The van der Waals surface area contributed by atoms with Gasteiger partial charge in [0.2, 0.25) is 0 Å². The number of pyridine rings is 1. The van der Waals surface area contributed by atoms with Gasteiger partial charge in [-0.25, -0.2) is 4.98 Å². The molecule has 2 heterocycles. The minimum Gasteiger partial charge on any atom is -0.387 e. The highest BCUT2D eigenvalue weighted by Crippen LogP contribution is 2.17. The molecule has 0 aromatic carbocycles. The van der Waals surface area contributed by atoms with Crippen molar-refractivity contribution >= 4 is 22.9 Å². The molecule has 2 aromatic heterocycles. The van der Waals surface area contributed by atoms with Crippen LogP contribution in [0.15, 0.2) is 30.0 Å². The number of nitrogens with one attached hydrogen (secondary N) is 2. The third kappa shape index (κ3) is 3.29. The molecular formula is C13H16N4OS. The molecule has 1 amide bonds. The van der Waals surface area contributed by atoms with E-state index in [1.807, 2.05) is 12.3 Å². The Kier molecular flexibility index (Phi) is 4.46. The summed E-state index contributed by atoms with van der Waals surface area (Å²) in [5.74, 6) is 0.0829. The molecule has 1 atom stereocenters. The van der Waals surface area contributed by atoms with Crippen molar-refractivity contribution in [1.82, 2.24) is 15.3 Å². The second-order valence-electron chi connectivity index (χ2n) is 4.15. The van der Waals surface area contributed by atoms with Crippen molar-refractivity contribution in [3.8, 4) is 0 Å². The maximum absolute atomic E-state index is 12.1. The van der Waals surface area contributed by atoms with E-state index in [4.69, 9.17) is 0 Å². The fraction of sp³-hybridized carbons (Fsp3) is 0.308. The van der Waals surface area contributed by atoms with E-state index < -0.39 is 0 Å². The molecule has 0 aliphatic rings. The van der Waals surface area contributed by atoms with Gasteiger partial charge in [0.1, 0.15) is 0 Å². The summed E-state index contributed by atoms with van der Waals surface area (Å²) in [4.78, 5) is 20.3. The normalized spacial score (nSPS) is 11.9. The van der Waals surface area contributed by atoms with Crippen LogP contribution in [0.2, 0.25) is 0 Å². The number of rotatable bonds is 5. The number of thiazole rings is 1. The lowest BCUT2D eigenvalue weighted by Gasteiger charge is -2.12. The van der Waals surface area contributed by atoms with Crippen molar-refractivity contribution in [2.24, 2.45) is 0 Å². The third-order valence-electron chi connectivity index (χ3n) is 2.78. The number of carbonyl (C=O) groups is 1. The molecule has 6 heteroatoms. The lowest BCUT2D eigenvalue weighted by atomic mass is 10.1. The maximum atomic E-state index is 12.1. The molecule has 0 fully saturated rings. The van der Waals surface area contributed by atoms with Gasteiger partial charge in [-0.2, -0.15) is 0 Å². The predicted octanol–water partition coefficient (Wildman–Crippen LogP) is 2.11. The molecule has 0 radical (unpaired) electrons. The van der Waals surface area contributed by atoms with Crippen LogP contribution in [0.4, 0.5) is 5.69 Å². The molecule has 0 aliphatic heterocycles. The SMILES string of the molecule is CNc1ccncc1C(=O)NCC(C)c1nccs1. The van der Waals surface area contributed by atoms with Crippen molar-refractivity contribution in [2.45, 2.75) is 12.8 Å². The summed E-state index contributed by atoms with van der Waals surface area (Å²) in [5.41, 5.74) is 1.32. The number of hydrogen-bond donors (Lipinski definition) is 2. The quantitative estimate of drug-likeness (QED) is 0.877. The van der Waals surface area contributed by atoms with Crippen molar-refractivity contribution in [2.75, 3.05) is 18.9 Å². The van der Waals surface area contributed by atoms with E-state index in [0.717, 1.165) is 10.7 Å². The summed E-state index contributed by atoms with van der Waals surface area (Å²) in [5, 5.41) is 8.86. The van der Waals surface area contributed by atoms with Crippen LogP contribution in [0, 0.1) is 0 Å². The molecule has 2 N–H and O–H groups in total. The topological polar surface area (TPSA) is 66.9 Å². The maximum Gasteiger partial charge on any atom is 0.254 e. The minimum absolute atomic E-state index is 0.124. The zero-order valence-corrected chi connectivity index (χ0v) is 11.7. The molecule has 0 bridgehead atoms. The fourth-order valence-electron chi connectivity index (χ4n) is 1.70. The van der Waals surface area contributed by atoms with E-state index in [-0.39, 0.29) is 11.8 Å². The van der Waals surface area contributed by atoms with Gasteiger partial charge in [-0.15, -0.1) is 11.3 Å². The van der Waals surface area contributed by atoms with E-state index in [1.165, 1.54) is 0 Å². The van der Waals surface area contributed by atoms with Crippen molar-refractivity contribution in [3.05, 3.63) is 40.6 Å². The zero-order valence-electron chi connectivity index (χ0n) is 10.9.